The highest BCUT2D eigenvalue weighted by Gasteiger charge is 2.07. The first kappa shape index (κ1) is 14.3. The van der Waals surface area contributed by atoms with Crippen LogP contribution in [0.15, 0.2) is 78.9 Å². The van der Waals surface area contributed by atoms with E-state index in [0.717, 1.165) is 6.42 Å². The molecule has 0 fully saturated rings. The fourth-order valence-corrected chi connectivity index (χ4v) is 2.26. The normalized spacial score (nSPS) is 16.4. The molecule has 0 saturated heterocycles. The van der Waals surface area contributed by atoms with Crippen LogP contribution in [0.5, 0.6) is 0 Å². The second-order valence-electron chi connectivity index (χ2n) is 5.22. The summed E-state index contributed by atoms with van der Waals surface area (Å²) in [4.78, 5) is 0. The molecule has 2 aromatic carbocycles. The van der Waals surface area contributed by atoms with Crippen LogP contribution in [-0.4, -0.2) is 0 Å². The molecule has 0 radical (unpaired) electrons. The first-order valence-corrected chi connectivity index (χ1v) is 7.17. The van der Waals surface area contributed by atoms with Crippen molar-refractivity contribution in [3.05, 3.63) is 95.6 Å². The van der Waals surface area contributed by atoms with Gasteiger partial charge in [-0.05, 0) is 25.8 Å². The minimum Gasteiger partial charge on any atom is -0.0836 e. The predicted molar refractivity (Wildman–Crippen MR) is 88.0 cm³/mol. The molecule has 0 heterocycles. The highest BCUT2D eigenvalue weighted by Crippen LogP contribution is 2.24. The lowest BCUT2D eigenvalue weighted by Crippen LogP contribution is -1.95. The number of aryl methyl sites for hydroxylation is 2. The summed E-state index contributed by atoms with van der Waals surface area (Å²) < 4.78 is 0. The molecule has 102 valence electrons. The van der Waals surface area contributed by atoms with E-state index >= 15 is 0 Å². The topological polar surface area (TPSA) is 0 Å². The number of hydrogen-bond donors (Lipinski definition) is 0. The Morgan fingerprint density at radius 2 is 1.55 bits per heavy atom. The first-order valence-electron chi connectivity index (χ1n) is 7.17. The van der Waals surface area contributed by atoms with Crippen LogP contribution in [0.1, 0.15) is 29.0 Å². The second-order valence-corrected chi connectivity index (χ2v) is 5.22. The maximum absolute atomic E-state index is 2.27. The van der Waals surface area contributed by atoms with Gasteiger partial charge >= 0.3 is 0 Å². The standard InChI is InChI=1S/C13H14.C7H8/c1-11-6-5-9-13(10-11)12-7-3-2-4-8-12;1-7-5-3-2-4-6-7/h2-7,9-10,12H,8H2,1H3;2-6H,1H3. The van der Waals surface area contributed by atoms with Crippen LogP contribution in [-0.2, 0) is 0 Å². The average molecular weight is 262 g/mol. The molecule has 0 nitrogen and oxygen atoms in total. The van der Waals surface area contributed by atoms with Crippen molar-refractivity contribution in [1.82, 2.24) is 0 Å². The monoisotopic (exact) mass is 262 g/mol. The molecule has 0 bridgehead atoms. The van der Waals surface area contributed by atoms with Crippen LogP contribution in [0.2, 0.25) is 0 Å². The molecule has 0 spiro atoms. The Morgan fingerprint density at radius 3 is 2.10 bits per heavy atom. The summed E-state index contributed by atoms with van der Waals surface area (Å²) in [6, 6.07) is 19.0. The van der Waals surface area contributed by atoms with Gasteiger partial charge in [0.15, 0.2) is 0 Å². The zero-order valence-corrected chi connectivity index (χ0v) is 12.3. The Kier molecular flexibility index (Phi) is 5.37. The minimum absolute atomic E-state index is 0.588. The SMILES string of the molecule is Cc1cccc(C2C=CC=CC2)c1.Cc1ccccc1. The van der Waals surface area contributed by atoms with E-state index in [4.69, 9.17) is 0 Å². The van der Waals surface area contributed by atoms with Gasteiger partial charge in [0.05, 0.1) is 0 Å². The Bertz CT molecular complexity index is 576. The first-order chi connectivity index (χ1) is 9.75. The highest BCUT2D eigenvalue weighted by atomic mass is 14.1. The van der Waals surface area contributed by atoms with Crippen LogP contribution >= 0.6 is 0 Å². The van der Waals surface area contributed by atoms with E-state index in [1.165, 1.54) is 16.7 Å². The molecular formula is C20H22. The van der Waals surface area contributed by atoms with Gasteiger partial charge in [-0.25, -0.2) is 0 Å². The van der Waals surface area contributed by atoms with Crippen molar-refractivity contribution in [3.8, 4) is 0 Å². The maximum atomic E-state index is 2.27. The van der Waals surface area contributed by atoms with E-state index < -0.39 is 0 Å². The molecule has 1 aliphatic carbocycles. The van der Waals surface area contributed by atoms with Crippen LogP contribution < -0.4 is 0 Å². The lowest BCUT2D eigenvalue weighted by molar-refractivity contribution is 0.852. The highest BCUT2D eigenvalue weighted by molar-refractivity contribution is 5.31. The number of benzene rings is 2. The summed E-state index contributed by atoms with van der Waals surface area (Å²) in [7, 11) is 0. The molecule has 1 aliphatic rings. The molecule has 2 aromatic rings. The quantitative estimate of drug-likeness (QED) is 0.628. The molecule has 1 atom stereocenters. The van der Waals surface area contributed by atoms with Gasteiger partial charge in [-0.3, -0.25) is 0 Å². The largest absolute Gasteiger partial charge is 0.0836 e. The second kappa shape index (κ2) is 7.49. The molecular weight excluding hydrogens is 240 g/mol. The Morgan fingerprint density at radius 1 is 0.800 bits per heavy atom. The third-order valence-electron chi connectivity index (χ3n) is 3.39. The lowest BCUT2D eigenvalue weighted by Gasteiger charge is -2.13. The molecule has 3 rings (SSSR count). The van der Waals surface area contributed by atoms with Crippen LogP contribution in [0, 0.1) is 13.8 Å². The molecule has 0 N–H and O–H groups in total. The number of rotatable bonds is 1. The van der Waals surface area contributed by atoms with Gasteiger partial charge in [-0.15, -0.1) is 0 Å². The van der Waals surface area contributed by atoms with E-state index in [-0.39, 0.29) is 0 Å². The fourth-order valence-electron chi connectivity index (χ4n) is 2.26. The summed E-state index contributed by atoms with van der Waals surface area (Å²) in [5.41, 5.74) is 4.10. The van der Waals surface area contributed by atoms with Crippen molar-refractivity contribution < 1.29 is 0 Å². The van der Waals surface area contributed by atoms with Gasteiger partial charge in [0.1, 0.15) is 0 Å². The lowest BCUT2D eigenvalue weighted by atomic mass is 9.92. The van der Waals surface area contributed by atoms with E-state index in [0.29, 0.717) is 5.92 Å². The van der Waals surface area contributed by atoms with Crippen molar-refractivity contribution in [3.63, 3.8) is 0 Å². The van der Waals surface area contributed by atoms with E-state index in [9.17, 15) is 0 Å². The van der Waals surface area contributed by atoms with Crippen LogP contribution in [0.3, 0.4) is 0 Å². The van der Waals surface area contributed by atoms with Crippen molar-refractivity contribution in [2.45, 2.75) is 26.2 Å². The van der Waals surface area contributed by atoms with Gasteiger partial charge in [-0.2, -0.15) is 0 Å². The van der Waals surface area contributed by atoms with Crippen molar-refractivity contribution >= 4 is 0 Å². The Balaban J connectivity index is 0.000000178. The van der Waals surface area contributed by atoms with Gasteiger partial charge in [0.25, 0.3) is 0 Å². The van der Waals surface area contributed by atoms with Crippen LogP contribution in [0.25, 0.3) is 0 Å². The summed E-state index contributed by atoms with van der Waals surface area (Å²) in [5.74, 6) is 0.588. The Labute approximate surface area is 122 Å². The predicted octanol–water partition coefficient (Wildman–Crippen LogP) is 5.59. The van der Waals surface area contributed by atoms with Gasteiger partial charge in [0, 0.05) is 5.92 Å². The zero-order valence-electron chi connectivity index (χ0n) is 12.3. The summed E-state index contributed by atoms with van der Waals surface area (Å²) >= 11 is 0. The Hall–Kier alpha value is -2.08. The molecule has 0 saturated carbocycles. The van der Waals surface area contributed by atoms with Gasteiger partial charge in [-0.1, -0.05) is 90.0 Å². The molecule has 20 heavy (non-hydrogen) atoms. The van der Waals surface area contributed by atoms with Crippen molar-refractivity contribution in [2.24, 2.45) is 0 Å². The summed E-state index contributed by atoms with van der Waals surface area (Å²) in [6.45, 7) is 4.23. The fraction of sp³-hybridized carbons (Fsp3) is 0.200. The minimum atomic E-state index is 0.588. The third-order valence-corrected chi connectivity index (χ3v) is 3.39. The van der Waals surface area contributed by atoms with Crippen molar-refractivity contribution in [1.29, 1.82) is 0 Å². The smallest absolute Gasteiger partial charge is 0.00558 e. The van der Waals surface area contributed by atoms with E-state index in [1.807, 2.05) is 18.2 Å². The van der Waals surface area contributed by atoms with Crippen LogP contribution in [0.4, 0.5) is 0 Å². The average Bonchev–Trinajstić information content (AvgIpc) is 2.50. The number of hydrogen-bond acceptors (Lipinski definition) is 0. The van der Waals surface area contributed by atoms with Gasteiger partial charge < -0.3 is 0 Å². The summed E-state index contributed by atoms with van der Waals surface area (Å²) in [6.07, 6.45) is 9.89. The third kappa shape index (κ3) is 4.55. The molecule has 0 aliphatic heterocycles. The van der Waals surface area contributed by atoms with Crippen molar-refractivity contribution in [2.75, 3.05) is 0 Å². The molecule has 0 aromatic heterocycles. The molecule has 0 heteroatoms. The van der Waals surface area contributed by atoms with E-state index in [2.05, 4.69) is 74.5 Å². The molecule has 1 unspecified atom stereocenters. The van der Waals surface area contributed by atoms with Gasteiger partial charge in [0.2, 0.25) is 0 Å². The maximum Gasteiger partial charge on any atom is 0.00558 e. The number of allylic oxidation sites excluding steroid dienone is 4. The summed E-state index contributed by atoms with van der Waals surface area (Å²) in [5, 5.41) is 0. The van der Waals surface area contributed by atoms with E-state index in [1.54, 1.807) is 0 Å². The molecule has 0 amide bonds. The zero-order chi connectivity index (χ0) is 14.2.